The van der Waals surface area contributed by atoms with E-state index in [1.54, 1.807) is 7.11 Å². The van der Waals surface area contributed by atoms with Crippen molar-refractivity contribution >= 4 is 21.8 Å². The van der Waals surface area contributed by atoms with E-state index < -0.39 is 0 Å². The number of hydrogen-bond acceptors (Lipinski definition) is 3. The highest BCUT2D eigenvalue weighted by molar-refractivity contribution is 9.10. The molecule has 4 nitrogen and oxygen atoms in total. The maximum Gasteiger partial charge on any atom is 0.237 e. The quantitative estimate of drug-likeness (QED) is 0.836. The summed E-state index contributed by atoms with van der Waals surface area (Å²) in [5.74, 6) is 0.960. The Morgan fingerprint density at radius 3 is 2.77 bits per heavy atom. The van der Waals surface area contributed by atoms with Gasteiger partial charge >= 0.3 is 0 Å². The maximum atomic E-state index is 12.4. The fourth-order valence-corrected chi connectivity index (χ4v) is 3.28. The first-order valence-corrected chi connectivity index (χ1v) is 8.63. The first-order chi connectivity index (χ1) is 10.5. The molecule has 1 atom stereocenters. The summed E-state index contributed by atoms with van der Waals surface area (Å²) in [6.07, 6.45) is 4.68. The second-order valence-electron chi connectivity index (χ2n) is 6.04. The van der Waals surface area contributed by atoms with Crippen LogP contribution in [0.3, 0.4) is 0 Å². The summed E-state index contributed by atoms with van der Waals surface area (Å²) in [4.78, 5) is 14.4. The van der Waals surface area contributed by atoms with Crippen LogP contribution in [-0.2, 0) is 11.3 Å². The zero-order valence-corrected chi connectivity index (χ0v) is 15.1. The Bertz CT molecular complexity index is 515. The summed E-state index contributed by atoms with van der Waals surface area (Å²) in [7, 11) is 3.64. The summed E-state index contributed by atoms with van der Waals surface area (Å²) in [5, 5.41) is 3.16. The molecule has 0 heterocycles. The standard InChI is InChI=1S/C17H25BrN2O2/c1-12(17(21)19-15-6-4-5-7-15)20(2)11-13-10-14(18)8-9-16(13)22-3/h8-10,12,15H,4-7,11H2,1-3H3,(H,19,21)/t12-/m0/s1. The van der Waals surface area contributed by atoms with E-state index in [4.69, 9.17) is 4.74 Å². The molecule has 0 bridgehead atoms. The Kier molecular flexibility index (Phi) is 6.26. The monoisotopic (exact) mass is 368 g/mol. The summed E-state index contributed by atoms with van der Waals surface area (Å²) in [6.45, 7) is 2.62. The van der Waals surface area contributed by atoms with Gasteiger partial charge in [-0.15, -0.1) is 0 Å². The molecule has 0 saturated heterocycles. The fraction of sp³-hybridized carbons (Fsp3) is 0.588. The molecule has 1 fully saturated rings. The van der Waals surface area contributed by atoms with E-state index in [1.807, 2.05) is 32.2 Å². The lowest BCUT2D eigenvalue weighted by Gasteiger charge is -2.26. The van der Waals surface area contributed by atoms with E-state index >= 15 is 0 Å². The lowest BCUT2D eigenvalue weighted by molar-refractivity contribution is -0.126. The topological polar surface area (TPSA) is 41.6 Å². The molecule has 0 aliphatic heterocycles. The zero-order valence-electron chi connectivity index (χ0n) is 13.6. The molecule has 0 spiro atoms. The number of halogens is 1. The third-order valence-electron chi connectivity index (χ3n) is 4.40. The van der Waals surface area contributed by atoms with E-state index in [-0.39, 0.29) is 11.9 Å². The van der Waals surface area contributed by atoms with Crippen LogP contribution in [0.4, 0.5) is 0 Å². The highest BCUT2D eigenvalue weighted by Crippen LogP contribution is 2.24. The molecule has 1 amide bonds. The molecule has 1 aliphatic carbocycles. The SMILES string of the molecule is COc1ccc(Br)cc1CN(C)[C@@H](C)C(=O)NC1CCCC1. The molecule has 0 unspecified atom stereocenters. The highest BCUT2D eigenvalue weighted by Gasteiger charge is 2.23. The lowest BCUT2D eigenvalue weighted by atomic mass is 10.1. The molecule has 2 rings (SSSR count). The Morgan fingerprint density at radius 2 is 2.14 bits per heavy atom. The van der Waals surface area contributed by atoms with Gasteiger partial charge in [0, 0.05) is 22.6 Å². The van der Waals surface area contributed by atoms with Crippen molar-refractivity contribution in [3.8, 4) is 5.75 Å². The smallest absolute Gasteiger partial charge is 0.237 e. The minimum atomic E-state index is -0.163. The Labute approximate surface area is 141 Å². The number of ether oxygens (including phenoxy) is 1. The van der Waals surface area contributed by atoms with Gasteiger partial charge in [-0.05, 0) is 45.0 Å². The molecule has 1 saturated carbocycles. The van der Waals surface area contributed by atoms with Crippen molar-refractivity contribution in [1.29, 1.82) is 0 Å². The average Bonchev–Trinajstić information content (AvgIpc) is 2.99. The molecular formula is C17H25BrN2O2. The molecule has 1 aliphatic rings. The zero-order chi connectivity index (χ0) is 16.1. The van der Waals surface area contributed by atoms with Crippen molar-refractivity contribution in [2.45, 2.75) is 51.2 Å². The van der Waals surface area contributed by atoms with Crippen molar-refractivity contribution in [2.24, 2.45) is 0 Å². The van der Waals surface area contributed by atoms with Crippen LogP contribution in [0, 0.1) is 0 Å². The van der Waals surface area contributed by atoms with Crippen molar-refractivity contribution in [2.75, 3.05) is 14.2 Å². The van der Waals surface area contributed by atoms with Crippen molar-refractivity contribution in [3.63, 3.8) is 0 Å². The van der Waals surface area contributed by atoms with Crippen LogP contribution in [0.15, 0.2) is 22.7 Å². The van der Waals surface area contributed by atoms with Crippen LogP contribution < -0.4 is 10.1 Å². The van der Waals surface area contributed by atoms with Gasteiger partial charge in [-0.25, -0.2) is 0 Å². The van der Waals surface area contributed by atoms with Crippen molar-refractivity contribution < 1.29 is 9.53 Å². The van der Waals surface area contributed by atoms with E-state index in [1.165, 1.54) is 12.8 Å². The van der Waals surface area contributed by atoms with Crippen LogP contribution in [0.2, 0.25) is 0 Å². The number of carbonyl (C=O) groups excluding carboxylic acids is 1. The van der Waals surface area contributed by atoms with Gasteiger partial charge in [-0.1, -0.05) is 28.8 Å². The fourth-order valence-electron chi connectivity index (χ4n) is 2.87. The van der Waals surface area contributed by atoms with Gasteiger partial charge in [-0.2, -0.15) is 0 Å². The predicted molar refractivity (Wildman–Crippen MR) is 92.0 cm³/mol. The number of amides is 1. The van der Waals surface area contributed by atoms with E-state index in [9.17, 15) is 4.79 Å². The molecule has 1 N–H and O–H groups in total. The molecule has 0 aromatic heterocycles. The summed E-state index contributed by atoms with van der Waals surface area (Å²) in [5.41, 5.74) is 1.07. The minimum absolute atomic E-state index is 0.114. The largest absolute Gasteiger partial charge is 0.496 e. The van der Waals surface area contributed by atoms with Gasteiger partial charge in [0.25, 0.3) is 0 Å². The number of hydrogen-bond donors (Lipinski definition) is 1. The minimum Gasteiger partial charge on any atom is -0.496 e. The normalized spacial score (nSPS) is 16.8. The molecule has 5 heteroatoms. The van der Waals surface area contributed by atoms with Crippen LogP contribution in [-0.4, -0.2) is 37.0 Å². The van der Waals surface area contributed by atoms with Crippen LogP contribution in [0.25, 0.3) is 0 Å². The van der Waals surface area contributed by atoms with Gasteiger partial charge in [0.2, 0.25) is 5.91 Å². The predicted octanol–water partition coefficient (Wildman–Crippen LogP) is 3.34. The van der Waals surface area contributed by atoms with Crippen LogP contribution >= 0.6 is 15.9 Å². The molecule has 22 heavy (non-hydrogen) atoms. The second kappa shape index (κ2) is 7.97. The third kappa shape index (κ3) is 4.46. The molecule has 122 valence electrons. The van der Waals surface area contributed by atoms with E-state index in [2.05, 4.69) is 26.1 Å². The maximum absolute atomic E-state index is 12.4. The Hall–Kier alpha value is -1.07. The van der Waals surface area contributed by atoms with E-state index in [0.29, 0.717) is 12.6 Å². The van der Waals surface area contributed by atoms with Gasteiger partial charge in [0.15, 0.2) is 0 Å². The average molecular weight is 369 g/mol. The molecule has 1 aromatic carbocycles. The first kappa shape index (κ1) is 17.3. The number of likely N-dealkylation sites (N-methyl/N-ethyl adjacent to an activating group) is 1. The van der Waals surface area contributed by atoms with Crippen molar-refractivity contribution in [3.05, 3.63) is 28.2 Å². The van der Waals surface area contributed by atoms with Gasteiger partial charge in [-0.3, -0.25) is 9.69 Å². The Balaban J connectivity index is 1.96. The number of nitrogens with one attached hydrogen (secondary N) is 1. The third-order valence-corrected chi connectivity index (χ3v) is 4.90. The number of benzene rings is 1. The van der Waals surface area contributed by atoms with E-state index in [0.717, 1.165) is 28.6 Å². The Morgan fingerprint density at radius 1 is 1.45 bits per heavy atom. The highest BCUT2D eigenvalue weighted by atomic mass is 79.9. The van der Waals surface area contributed by atoms with Gasteiger partial charge in [0.05, 0.1) is 13.2 Å². The molecular weight excluding hydrogens is 344 g/mol. The van der Waals surface area contributed by atoms with Crippen LogP contribution in [0.1, 0.15) is 38.2 Å². The summed E-state index contributed by atoms with van der Waals surface area (Å²) >= 11 is 3.49. The summed E-state index contributed by atoms with van der Waals surface area (Å²) in [6, 6.07) is 6.14. The molecule has 0 radical (unpaired) electrons. The van der Waals surface area contributed by atoms with Gasteiger partial charge in [0.1, 0.15) is 5.75 Å². The number of methoxy groups -OCH3 is 1. The molecule has 1 aromatic rings. The van der Waals surface area contributed by atoms with Crippen LogP contribution in [0.5, 0.6) is 5.75 Å². The lowest BCUT2D eigenvalue weighted by Crippen LogP contribution is -2.46. The van der Waals surface area contributed by atoms with Gasteiger partial charge < -0.3 is 10.1 Å². The summed E-state index contributed by atoms with van der Waals surface area (Å²) < 4.78 is 6.41. The van der Waals surface area contributed by atoms with Crippen molar-refractivity contribution in [1.82, 2.24) is 10.2 Å². The number of carbonyl (C=O) groups is 1. The second-order valence-corrected chi connectivity index (χ2v) is 6.95. The number of rotatable bonds is 6. The first-order valence-electron chi connectivity index (χ1n) is 7.84. The number of nitrogens with zero attached hydrogens (tertiary/aromatic N) is 1.